The molecule has 21 heavy (non-hydrogen) atoms. The molecule has 1 heterocycles. The average molecular weight is 279 g/mol. The van der Waals surface area contributed by atoms with Gasteiger partial charge in [-0.3, -0.25) is 9.36 Å². The van der Waals surface area contributed by atoms with E-state index in [-0.39, 0.29) is 5.56 Å². The van der Waals surface area contributed by atoms with Gasteiger partial charge in [-0.15, -0.1) is 0 Å². The molecule has 2 N–H and O–H groups in total. The van der Waals surface area contributed by atoms with E-state index in [2.05, 4.69) is 0 Å². The lowest BCUT2D eigenvalue weighted by atomic mass is 10.1. The van der Waals surface area contributed by atoms with Gasteiger partial charge in [0.25, 0.3) is 5.56 Å². The molecule has 0 aliphatic carbocycles. The van der Waals surface area contributed by atoms with Crippen molar-refractivity contribution in [1.29, 1.82) is 0 Å². The number of anilines is 2. The first kappa shape index (κ1) is 13.2. The molecule has 0 atom stereocenters. The maximum Gasteiger partial charge on any atom is 0.264 e. The second kappa shape index (κ2) is 4.98. The fraction of sp³-hybridized carbons (Fsp3) is 0.118. The molecule has 0 spiro atoms. The zero-order valence-corrected chi connectivity index (χ0v) is 12.1. The van der Waals surface area contributed by atoms with Gasteiger partial charge in [0.15, 0.2) is 0 Å². The highest BCUT2D eigenvalue weighted by molar-refractivity contribution is 5.84. The Morgan fingerprint density at radius 3 is 2.52 bits per heavy atom. The van der Waals surface area contributed by atoms with Crippen LogP contribution in [0, 0.1) is 0 Å². The lowest BCUT2D eigenvalue weighted by Gasteiger charge is -2.16. The zero-order valence-electron chi connectivity index (χ0n) is 12.1. The summed E-state index contributed by atoms with van der Waals surface area (Å²) < 4.78 is 1.55. The predicted molar refractivity (Wildman–Crippen MR) is 88.3 cm³/mol. The first-order valence-electron chi connectivity index (χ1n) is 6.76. The van der Waals surface area contributed by atoms with Crippen LogP contribution in [0.25, 0.3) is 16.5 Å². The lowest BCUT2D eigenvalue weighted by Crippen LogP contribution is -2.21. The number of rotatable bonds is 2. The summed E-state index contributed by atoms with van der Waals surface area (Å²) in [7, 11) is 3.93. The van der Waals surface area contributed by atoms with Crippen LogP contribution in [0.3, 0.4) is 0 Å². The molecule has 0 fully saturated rings. The van der Waals surface area contributed by atoms with Gasteiger partial charge in [0, 0.05) is 25.2 Å². The van der Waals surface area contributed by atoms with E-state index in [4.69, 9.17) is 5.73 Å². The number of nitrogen functional groups attached to an aromatic ring is 1. The number of fused-ring (bicyclic) bond motifs is 1. The summed E-state index contributed by atoms with van der Waals surface area (Å²) in [6, 6.07) is 17.1. The van der Waals surface area contributed by atoms with Crippen molar-refractivity contribution in [3.8, 4) is 5.69 Å². The highest BCUT2D eigenvalue weighted by Gasteiger charge is 2.09. The molecule has 0 amide bonds. The third kappa shape index (κ3) is 2.25. The molecule has 2 aromatic carbocycles. The quantitative estimate of drug-likeness (QED) is 0.784. The Morgan fingerprint density at radius 2 is 1.76 bits per heavy atom. The Kier molecular flexibility index (Phi) is 3.14. The molecule has 4 heteroatoms. The number of benzene rings is 2. The highest BCUT2D eigenvalue weighted by Crippen LogP contribution is 2.20. The Morgan fingerprint density at radius 1 is 1.00 bits per heavy atom. The summed E-state index contributed by atoms with van der Waals surface area (Å²) in [5, 5.41) is 1.53. The van der Waals surface area contributed by atoms with Crippen LogP contribution in [0.4, 0.5) is 11.5 Å². The fourth-order valence-corrected chi connectivity index (χ4v) is 2.46. The van der Waals surface area contributed by atoms with Crippen molar-refractivity contribution in [2.24, 2.45) is 0 Å². The minimum absolute atomic E-state index is 0.0958. The van der Waals surface area contributed by atoms with Crippen molar-refractivity contribution in [1.82, 2.24) is 4.57 Å². The summed E-state index contributed by atoms with van der Waals surface area (Å²) >= 11 is 0. The smallest absolute Gasteiger partial charge is 0.264 e. The standard InChI is InChI=1S/C17H17N3O/c1-19(2)13-7-5-8-14(11-13)20-16(18)10-12-6-3-4-9-15(12)17(20)21/h3-11H,18H2,1-2H3. The van der Waals surface area contributed by atoms with Crippen molar-refractivity contribution in [3.63, 3.8) is 0 Å². The molecule has 0 saturated carbocycles. The summed E-state index contributed by atoms with van der Waals surface area (Å²) in [4.78, 5) is 14.7. The van der Waals surface area contributed by atoms with Gasteiger partial charge in [0.2, 0.25) is 0 Å². The normalized spacial score (nSPS) is 10.8. The average Bonchev–Trinajstić information content (AvgIpc) is 2.47. The SMILES string of the molecule is CN(C)c1cccc(-n2c(N)cc3ccccc3c2=O)c1. The number of nitrogens with zero attached hydrogens (tertiary/aromatic N) is 2. The second-order valence-corrected chi connectivity index (χ2v) is 5.21. The zero-order chi connectivity index (χ0) is 15.0. The number of aromatic nitrogens is 1. The molecule has 0 saturated heterocycles. The Labute approximate surface area is 123 Å². The van der Waals surface area contributed by atoms with Gasteiger partial charge in [-0.1, -0.05) is 24.3 Å². The Bertz CT molecular complexity index is 865. The van der Waals surface area contributed by atoms with Gasteiger partial charge in [-0.05, 0) is 35.7 Å². The summed E-state index contributed by atoms with van der Waals surface area (Å²) in [6.07, 6.45) is 0. The van der Waals surface area contributed by atoms with Gasteiger partial charge >= 0.3 is 0 Å². The van der Waals surface area contributed by atoms with Crippen LogP contribution in [0.1, 0.15) is 0 Å². The van der Waals surface area contributed by atoms with E-state index in [9.17, 15) is 4.79 Å². The number of pyridine rings is 1. The van der Waals surface area contributed by atoms with Gasteiger partial charge in [0.1, 0.15) is 5.82 Å². The molecule has 0 aliphatic heterocycles. The fourth-order valence-electron chi connectivity index (χ4n) is 2.46. The largest absolute Gasteiger partial charge is 0.385 e. The van der Waals surface area contributed by atoms with E-state index in [1.54, 1.807) is 4.57 Å². The van der Waals surface area contributed by atoms with Gasteiger partial charge < -0.3 is 10.6 Å². The lowest BCUT2D eigenvalue weighted by molar-refractivity contribution is 1.02. The van der Waals surface area contributed by atoms with Crippen LogP contribution in [-0.4, -0.2) is 18.7 Å². The molecular formula is C17H17N3O. The van der Waals surface area contributed by atoms with E-state index >= 15 is 0 Å². The minimum atomic E-state index is -0.0958. The summed E-state index contributed by atoms with van der Waals surface area (Å²) in [5.41, 5.74) is 7.79. The van der Waals surface area contributed by atoms with Crippen molar-refractivity contribution >= 4 is 22.3 Å². The maximum atomic E-state index is 12.7. The topological polar surface area (TPSA) is 51.3 Å². The molecule has 0 radical (unpaired) electrons. The number of hydrogen-bond acceptors (Lipinski definition) is 3. The second-order valence-electron chi connectivity index (χ2n) is 5.21. The van der Waals surface area contributed by atoms with Crippen LogP contribution in [0.5, 0.6) is 0 Å². The summed E-state index contributed by atoms with van der Waals surface area (Å²) in [6.45, 7) is 0. The molecule has 0 aliphatic rings. The maximum absolute atomic E-state index is 12.7. The third-order valence-electron chi connectivity index (χ3n) is 3.56. The van der Waals surface area contributed by atoms with E-state index in [1.807, 2.05) is 73.6 Å². The van der Waals surface area contributed by atoms with Crippen LogP contribution in [-0.2, 0) is 0 Å². The van der Waals surface area contributed by atoms with Crippen molar-refractivity contribution in [3.05, 3.63) is 65.0 Å². The molecule has 3 aromatic rings. The Hall–Kier alpha value is -2.75. The first-order chi connectivity index (χ1) is 10.1. The molecule has 106 valence electrons. The molecule has 0 unspecified atom stereocenters. The Balaban J connectivity index is 2.30. The van der Waals surface area contributed by atoms with Gasteiger partial charge in [0.05, 0.1) is 5.69 Å². The van der Waals surface area contributed by atoms with E-state index < -0.39 is 0 Å². The van der Waals surface area contributed by atoms with E-state index in [0.29, 0.717) is 11.2 Å². The number of nitrogens with two attached hydrogens (primary N) is 1. The van der Waals surface area contributed by atoms with Crippen molar-refractivity contribution in [2.75, 3.05) is 24.7 Å². The third-order valence-corrected chi connectivity index (χ3v) is 3.56. The van der Waals surface area contributed by atoms with Crippen LogP contribution in [0.15, 0.2) is 59.4 Å². The number of hydrogen-bond donors (Lipinski definition) is 1. The molecule has 4 nitrogen and oxygen atoms in total. The molecule has 1 aromatic heterocycles. The predicted octanol–water partition coefficient (Wildman–Crippen LogP) is 2.64. The van der Waals surface area contributed by atoms with Crippen LogP contribution >= 0.6 is 0 Å². The van der Waals surface area contributed by atoms with Crippen LogP contribution < -0.4 is 16.2 Å². The van der Waals surface area contributed by atoms with Gasteiger partial charge in [-0.25, -0.2) is 0 Å². The van der Waals surface area contributed by atoms with Gasteiger partial charge in [-0.2, -0.15) is 0 Å². The highest BCUT2D eigenvalue weighted by atomic mass is 16.1. The molecule has 3 rings (SSSR count). The monoisotopic (exact) mass is 279 g/mol. The summed E-state index contributed by atoms with van der Waals surface area (Å²) in [5.74, 6) is 0.439. The molecule has 0 bridgehead atoms. The van der Waals surface area contributed by atoms with E-state index in [1.165, 1.54) is 0 Å². The van der Waals surface area contributed by atoms with Crippen molar-refractivity contribution in [2.45, 2.75) is 0 Å². The minimum Gasteiger partial charge on any atom is -0.385 e. The first-order valence-corrected chi connectivity index (χ1v) is 6.76. The van der Waals surface area contributed by atoms with Crippen molar-refractivity contribution < 1.29 is 0 Å². The van der Waals surface area contributed by atoms with E-state index in [0.717, 1.165) is 16.8 Å². The van der Waals surface area contributed by atoms with Crippen LogP contribution in [0.2, 0.25) is 0 Å². The molecular weight excluding hydrogens is 262 g/mol.